The Morgan fingerprint density at radius 1 is 1.41 bits per heavy atom. The van der Waals surface area contributed by atoms with Crippen molar-refractivity contribution in [2.45, 2.75) is 76.4 Å². The van der Waals surface area contributed by atoms with E-state index in [1.165, 1.54) is 0 Å². The first kappa shape index (κ1) is 17.7. The van der Waals surface area contributed by atoms with Gasteiger partial charge in [-0.15, -0.1) is 0 Å². The molecular weight excluding hydrogens is 344 g/mol. The molecule has 148 valence electrons. The highest BCUT2D eigenvalue weighted by atomic mass is 16.6. The lowest BCUT2D eigenvalue weighted by Gasteiger charge is -2.45. The molecule has 4 bridgehead atoms. The molecule has 5 rings (SSSR count). The Balaban J connectivity index is 1.65. The number of aliphatic carboxylic acids is 1. The minimum atomic E-state index is -0.854. The summed E-state index contributed by atoms with van der Waals surface area (Å²) < 4.78 is 6.10. The van der Waals surface area contributed by atoms with Gasteiger partial charge in [-0.05, 0) is 50.4 Å². The monoisotopic (exact) mass is 374 g/mol. The second-order valence-corrected chi connectivity index (χ2v) is 10.2. The summed E-state index contributed by atoms with van der Waals surface area (Å²) in [5.74, 6) is -1.81. The number of carboxylic acid groups (broad SMARTS) is 1. The van der Waals surface area contributed by atoms with Crippen LogP contribution in [-0.2, 0) is 14.3 Å². The minimum absolute atomic E-state index is 0.0405. The highest BCUT2D eigenvalue weighted by molar-refractivity contribution is 5.86. The standard InChI is InChI=1S/C22H30O5/c1-3-4-6-13-11-20-12-21(13,26)10-7-14(20)22-9-5-8-19(2,18(25)27-22)16(22)15(20)17(23)24/h5,8,13-16,26H,3-4,6-7,9-12H2,1-2H3,(H,23,24)/t13-,14+,15+,16+,19-,20-,21-,22+/m0/s1. The highest BCUT2D eigenvalue weighted by Crippen LogP contribution is 2.78. The second kappa shape index (κ2) is 5.16. The Morgan fingerprint density at radius 2 is 2.19 bits per heavy atom. The zero-order chi connectivity index (χ0) is 19.2. The van der Waals surface area contributed by atoms with Gasteiger partial charge in [0, 0.05) is 18.3 Å². The summed E-state index contributed by atoms with van der Waals surface area (Å²) in [6.45, 7) is 4.01. The zero-order valence-electron chi connectivity index (χ0n) is 16.2. The van der Waals surface area contributed by atoms with E-state index < -0.39 is 33.9 Å². The Labute approximate surface area is 160 Å². The number of hydrogen-bond donors (Lipinski definition) is 2. The maximum atomic E-state index is 12.8. The molecule has 1 aliphatic heterocycles. The van der Waals surface area contributed by atoms with Crippen LogP contribution >= 0.6 is 0 Å². The van der Waals surface area contributed by atoms with Crippen molar-refractivity contribution in [3.05, 3.63) is 12.2 Å². The third kappa shape index (κ3) is 1.85. The number of esters is 1. The molecule has 8 atom stereocenters. The fraction of sp³-hybridized carbons (Fsp3) is 0.818. The van der Waals surface area contributed by atoms with Crippen molar-refractivity contribution in [2.24, 2.45) is 34.5 Å². The van der Waals surface area contributed by atoms with Gasteiger partial charge in [-0.25, -0.2) is 0 Å². The van der Waals surface area contributed by atoms with Crippen LogP contribution in [0.2, 0.25) is 0 Å². The molecule has 2 N–H and O–H groups in total. The zero-order valence-corrected chi connectivity index (χ0v) is 16.2. The molecule has 0 radical (unpaired) electrons. The van der Waals surface area contributed by atoms with Crippen molar-refractivity contribution >= 4 is 11.9 Å². The number of aliphatic hydroxyl groups is 1. The largest absolute Gasteiger partial charge is 0.481 e. The van der Waals surface area contributed by atoms with Crippen LogP contribution in [0.15, 0.2) is 12.2 Å². The lowest BCUT2D eigenvalue weighted by Crippen LogP contribution is -2.47. The van der Waals surface area contributed by atoms with Gasteiger partial charge in [0.15, 0.2) is 0 Å². The van der Waals surface area contributed by atoms with Crippen molar-refractivity contribution in [1.82, 2.24) is 0 Å². The second-order valence-electron chi connectivity index (χ2n) is 10.2. The molecular formula is C22H30O5. The first-order valence-electron chi connectivity index (χ1n) is 10.6. The van der Waals surface area contributed by atoms with Gasteiger partial charge in [0.1, 0.15) is 5.60 Å². The van der Waals surface area contributed by atoms with Crippen molar-refractivity contribution < 1.29 is 24.5 Å². The molecule has 5 nitrogen and oxygen atoms in total. The van der Waals surface area contributed by atoms with E-state index in [1.807, 2.05) is 19.1 Å². The number of rotatable bonds is 4. The molecule has 0 aromatic rings. The van der Waals surface area contributed by atoms with E-state index in [1.54, 1.807) is 0 Å². The first-order chi connectivity index (χ1) is 12.7. The number of hydrogen-bond acceptors (Lipinski definition) is 4. The summed E-state index contributed by atoms with van der Waals surface area (Å²) in [5, 5.41) is 21.8. The van der Waals surface area contributed by atoms with Crippen molar-refractivity contribution in [2.75, 3.05) is 0 Å². The summed E-state index contributed by atoms with van der Waals surface area (Å²) in [6, 6.07) is 0. The fourth-order valence-electron chi connectivity index (χ4n) is 8.27. The summed E-state index contributed by atoms with van der Waals surface area (Å²) >= 11 is 0. The number of carbonyl (C=O) groups excluding carboxylic acids is 1. The molecule has 27 heavy (non-hydrogen) atoms. The molecule has 4 aliphatic carbocycles. The van der Waals surface area contributed by atoms with Crippen LogP contribution in [-0.4, -0.2) is 33.4 Å². The maximum Gasteiger partial charge on any atom is 0.316 e. The molecule has 1 spiro atoms. The predicted molar refractivity (Wildman–Crippen MR) is 97.7 cm³/mol. The van der Waals surface area contributed by atoms with Crippen LogP contribution in [0.1, 0.15) is 65.2 Å². The van der Waals surface area contributed by atoms with Crippen LogP contribution in [0.25, 0.3) is 0 Å². The van der Waals surface area contributed by atoms with Crippen LogP contribution in [0, 0.1) is 34.5 Å². The van der Waals surface area contributed by atoms with E-state index in [-0.39, 0.29) is 23.7 Å². The Morgan fingerprint density at radius 3 is 2.89 bits per heavy atom. The van der Waals surface area contributed by atoms with Gasteiger partial charge in [-0.1, -0.05) is 31.9 Å². The highest BCUT2D eigenvalue weighted by Gasteiger charge is 2.82. The van der Waals surface area contributed by atoms with Crippen molar-refractivity contribution in [3.63, 3.8) is 0 Å². The van der Waals surface area contributed by atoms with Gasteiger partial charge in [0.25, 0.3) is 0 Å². The van der Waals surface area contributed by atoms with Crippen molar-refractivity contribution in [3.8, 4) is 0 Å². The molecule has 3 saturated carbocycles. The molecule has 1 heterocycles. The van der Waals surface area contributed by atoms with Gasteiger partial charge in [-0.2, -0.15) is 0 Å². The number of carboxylic acids is 1. The predicted octanol–water partition coefficient (Wildman–Crippen LogP) is 3.31. The molecule has 0 aromatic heterocycles. The van der Waals surface area contributed by atoms with Gasteiger partial charge >= 0.3 is 11.9 Å². The Bertz CT molecular complexity index is 745. The summed E-state index contributed by atoms with van der Waals surface area (Å²) in [7, 11) is 0. The smallest absolute Gasteiger partial charge is 0.316 e. The third-order valence-corrected chi connectivity index (χ3v) is 9.09. The molecule has 0 amide bonds. The molecule has 0 unspecified atom stereocenters. The van der Waals surface area contributed by atoms with Gasteiger partial charge < -0.3 is 14.9 Å². The van der Waals surface area contributed by atoms with E-state index in [0.29, 0.717) is 19.3 Å². The van der Waals surface area contributed by atoms with Crippen LogP contribution < -0.4 is 0 Å². The van der Waals surface area contributed by atoms with Gasteiger partial charge in [0.2, 0.25) is 0 Å². The van der Waals surface area contributed by atoms with E-state index in [2.05, 4.69) is 6.92 Å². The quantitative estimate of drug-likeness (QED) is 0.583. The number of carbonyl (C=O) groups is 2. The van der Waals surface area contributed by atoms with E-state index in [4.69, 9.17) is 4.74 Å². The van der Waals surface area contributed by atoms with E-state index in [9.17, 15) is 19.8 Å². The van der Waals surface area contributed by atoms with E-state index in [0.717, 1.165) is 32.1 Å². The Kier molecular flexibility index (Phi) is 3.39. The molecule has 4 fully saturated rings. The normalized spacial score (nSPS) is 54.6. The summed E-state index contributed by atoms with van der Waals surface area (Å²) in [5.41, 5.74) is -2.74. The number of fused-ring (bicyclic) bond motifs is 1. The number of unbranched alkanes of at least 4 members (excludes halogenated alkanes) is 1. The molecule has 0 aromatic carbocycles. The van der Waals surface area contributed by atoms with Gasteiger partial charge in [0.05, 0.1) is 16.9 Å². The minimum Gasteiger partial charge on any atom is -0.481 e. The average molecular weight is 374 g/mol. The number of ether oxygens (including phenoxy) is 1. The lowest BCUT2D eigenvalue weighted by molar-refractivity contribution is -0.162. The molecule has 1 saturated heterocycles. The van der Waals surface area contributed by atoms with Crippen LogP contribution in [0.3, 0.4) is 0 Å². The lowest BCUT2D eigenvalue weighted by atomic mass is 9.62. The van der Waals surface area contributed by atoms with Gasteiger partial charge in [-0.3, -0.25) is 9.59 Å². The van der Waals surface area contributed by atoms with Crippen molar-refractivity contribution in [1.29, 1.82) is 0 Å². The summed E-state index contributed by atoms with van der Waals surface area (Å²) in [4.78, 5) is 25.4. The first-order valence-corrected chi connectivity index (χ1v) is 10.6. The fourth-order valence-corrected chi connectivity index (χ4v) is 8.27. The third-order valence-electron chi connectivity index (χ3n) is 9.09. The average Bonchev–Trinajstić information content (AvgIpc) is 3.01. The Hall–Kier alpha value is -1.36. The van der Waals surface area contributed by atoms with E-state index >= 15 is 0 Å². The summed E-state index contributed by atoms with van der Waals surface area (Å²) in [6.07, 6.45) is 10.4. The van der Waals surface area contributed by atoms with Crippen LogP contribution in [0.5, 0.6) is 0 Å². The maximum absolute atomic E-state index is 12.8. The molecule has 5 heteroatoms. The topological polar surface area (TPSA) is 83.8 Å². The van der Waals surface area contributed by atoms with Crippen LogP contribution in [0.4, 0.5) is 0 Å². The molecule has 5 aliphatic rings. The SMILES string of the molecule is CCCC[C@H]1C[C@]23C[C@@]1(O)CC[C@H]2[C@@]12CC=C[C@](C)(C(=O)O1)[C@H]2[C@@H]3C(=O)O.